The van der Waals surface area contributed by atoms with Gasteiger partial charge in [0.2, 0.25) is 0 Å². The molecule has 0 aliphatic rings. The Morgan fingerprint density at radius 1 is 0.541 bits per heavy atom. The van der Waals surface area contributed by atoms with Crippen LogP contribution >= 0.6 is 28.3 Å². The van der Waals surface area contributed by atoms with E-state index in [9.17, 15) is 38.9 Å². The summed E-state index contributed by atoms with van der Waals surface area (Å²) in [6, 6.07) is 14.8. The van der Waals surface area contributed by atoms with Crippen LogP contribution < -0.4 is 105 Å². The molecule has 0 radical (unpaired) electrons. The first-order valence-corrected chi connectivity index (χ1v) is 16.8. The fourth-order valence-corrected chi connectivity index (χ4v) is 7.00. The SMILES string of the molecule is O=S(=O)([O-])c1cccc(P(c2cccc(S(=O)(=O)[O-])c2)c2cccc(S(=O)(=O)[O-])c2)c1.[Cl][Ni][Cl].[Na+].[Na+].[Na+]. The van der Waals surface area contributed by atoms with Gasteiger partial charge in [-0.1, -0.05) is 36.4 Å². The van der Waals surface area contributed by atoms with Crippen LogP contribution in [0.4, 0.5) is 0 Å². The molecule has 188 valence electrons. The van der Waals surface area contributed by atoms with Gasteiger partial charge in [0.15, 0.2) is 0 Å². The van der Waals surface area contributed by atoms with Crippen LogP contribution in [0.2, 0.25) is 0 Å². The molecule has 0 heterocycles. The molecule has 0 N–H and O–H groups in total. The van der Waals surface area contributed by atoms with Crippen LogP contribution in [0.5, 0.6) is 0 Å². The number of hydrogen-bond acceptors (Lipinski definition) is 9. The van der Waals surface area contributed by atoms with E-state index >= 15 is 0 Å². The number of hydrogen-bond donors (Lipinski definition) is 0. The number of rotatable bonds is 6. The molecule has 0 saturated heterocycles. The zero-order chi connectivity index (χ0) is 25.7. The van der Waals surface area contributed by atoms with Gasteiger partial charge in [0.25, 0.3) is 0 Å². The normalized spacial score (nSPS) is 11.3. The van der Waals surface area contributed by atoms with Gasteiger partial charge in [-0.05, 0) is 60.2 Å². The average molecular weight is 698 g/mol. The van der Waals surface area contributed by atoms with Crippen molar-refractivity contribution in [3.63, 3.8) is 0 Å². The maximum Gasteiger partial charge on any atom is 1.00 e. The van der Waals surface area contributed by atoms with E-state index in [4.69, 9.17) is 20.4 Å². The van der Waals surface area contributed by atoms with Gasteiger partial charge in [0.1, 0.15) is 30.4 Å². The van der Waals surface area contributed by atoms with Crippen molar-refractivity contribution in [3.8, 4) is 0 Å². The van der Waals surface area contributed by atoms with Crippen LogP contribution in [0.25, 0.3) is 0 Å². The van der Waals surface area contributed by atoms with E-state index < -0.39 is 53.0 Å². The van der Waals surface area contributed by atoms with Crippen molar-refractivity contribution in [2.24, 2.45) is 0 Å². The van der Waals surface area contributed by atoms with Crippen LogP contribution in [-0.4, -0.2) is 38.9 Å². The molecule has 0 atom stereocenters. The summed E-state index contributed by atoms with van der Waals surface area (Å²) < 4.78 is 103. The van der Waals surface area contributed by atoms with Crippen molar-refractivity contribution in [3.05, 3.63) is 72.8 Å². The first-order valence-electron chi connectivity index (χ1n) is 8.49. The van der Waals surface area contributed by atoms with Gasteiger partial charge in [0, 0.05) is 0 Å². The summed E-state index contributed by atoms with van der Waals surface area (Å²) in [7, 11) is -6.90. The van der Waals surface area contributed by atoms with E-state index in [2.05, 4.69) is 0 Å². The third-order valence-electron chi connectivity index (χ3n) is 4.09. The Balaban J connectivity index is 0. The van der Waals surface area contributed by atoms with E-state index in [1.165, 1.54) is 36.4 Å². The van der Waals surface area contributed by atoms with Crippen LogP contribution in [0.1, 0.15) is 0 Å². The molecule has 3 aromatic carbocycles. The number of halogens is 2. The summed E-state index contributed by atoms with van der Waals surface area (Å²) in [4.78, 5) is -1.63. The minimum absolute atomic E-state index is 0. The van der Waals surface area contributed by atoms with Gasteiger partial charge in [-0.3, -0.25) is 0 Å². The predicted octanol–water partition coefficient (Wildman–Crippen LogP) is -7.45. The summed E-state index contributed by atoms with van der Waals surface area (Å²) >= 11 is 0.569. The summed E-state index contributed by atoms with van der Waals surface area (Å²) in [5.74, 6) is 0. The van der Waals surface area contributed by atoms with Gasteiger partial charge in [-0.25, -0.2) is 25.3 Å². The van der Waals surface area contributed by atoms with Gasteiger partial charge in [-0.15, -0.1) is 0 Å². The second-order valence-electron chi connectivity index (χ2n) is 6.24. The minimum atomic E-state index is -4.82. The van der Waals surface area contributed by atoms with Gasteiger partial charge < -0.3 is 13.7 Å². The van der Waals surface area contributed by atoms with Crippen molar-refractivity contribution in [2.45, 2.75) is 14.7 Å². The summed E-state index contributed by atoms with van der Waals surface area (Å²) in [5.41, 5.74) is 0. The Bertz CT molecular complexity index is 1330. The Hall–Kier alpha value is 1.89. The number of benzene rings is 3. The monoisotopic (exact) mass is 696 g/mol. The molecule has 0 unspecified atom stereocenters. The molecule has 0 aliphatic carbocycles. The van der Waals surface area contributed by atoms with Crippen molar-refractivity contribution in [2.75, 3.05) is 0 Å². The molecule has 0 fully saturated rings. The Morgan fingerprint density at radius 2 is 0.757 bits per heavy atom. The fourth-order valence-electron chi connectivity index (χ4n) is 2.78. The largest absolute Gasteiger partial charge is 1.00 e. The Kier molecular flexibility index (Phi) is 19.7. The van der Waals surface area contributed by atoms with Crippen molar-refractivity contribution in [1.82, 2.24) is 0 Å². The molecule has 0 amide bonds. The molecule has 19 heteroatoms. The summed E-state index contributed by atoms with van der Waals surface area (Å²) in [5, 5.41) is 0.772. The molecule has 37 heavy (non-hydrogen) atoms. The zero-order valence-electron chi connectivity index (χ0n) is 19.3. The molecule has 0 spiro atoms. The molecular weight excluding hydrogens is 686 g/mol. The van der Waals surface area contributed by atoms with E-state index in [-0.39, 0.29) is 105 Å². The first-order chi connectivity index (χ1) is 15.7. The first kappa shape index (κ1) is 41.0. The third-order valence-corrected chi connectivity index (χ3v) is 8.97. The minimum Gasteiger partial charge on any atom is 1.00 e. The van der Waals surface area contributed by atoms with Crippen molar-refractivity contribution >= 4 is 74.6 Å². The molecule has 0 bridgehead atoms. The molecule has 0 aromatic heterocycles. The second-order valence-corrected chi connectivity index (χ2v) is 14.2. The molecule has 0 aliphatic heterocycles. The van der Waals surface area contributed by atoms with E-state index in [1.54, 1.807) is 0 Å². The van der Waals surface area contributed by atoms with Gasteiger partial charge >= 0.3 is 122 Å². The van der Waals surface area contributed by atoms with Gasteiger partial charge in [0.05, 0.1) is 14.7 Å². The van der Waals surface area contributed by atoms with E-state index in [1.807, 2.05) is 0 Å². The Labute approximate surface area is 297 Å². The summed E-state index contributed by atoms with van der Waals surface area (Å²) in [6.07, 6.45) is 0. The second kappa shape index (κ2) is 17.8. The molecule has 9 nitrogen and oxygen atoms in total. The van der Waals surface area contributed by atoms with E-state index in [0.29, 0.717) is 12.7 Å². The maximum absolute atomic E-state index is 11.5. The van der Waals surface area contributed by atoms with Crippen molar-refractivity contribution in [1.29, 1.82) is 0 Å². The van der Waals surface area contributed by atoms with Crippen LogP contribution in [0.15, 0.2) is 87.5 Å². The maximum atomic E-state index is 11.5. The van der Waals surface area contributed by atoms with Crippen LogP contribution in [0, 0.1) is 0 Å². The third kappa shape index (κ3) is 12.7. The summed E-state index contributed by atoms with van der Waals surface area (Å²) in [6.45, 7) is 0. The van der Waals surface area contributed by atoms with Crippen molar-refractivity contribution < 1.29 is 140 Å². The standard InChI is InChI=1S/C18H15O9PS3.2ClH.3Na.Ni/c19-29(20,21)16-7-1-4-13(10-16)28(14-5-2-8-17(11-14)30(22,23)24)15-6-3-9-18(12-15)31(25,26)27;;;;;;/h1-12H,(H,19,20,21)(H,22,23,24)(H,25,26,27);2*1H;;;;/q;;;3*+1;+2/p-5. The fraction of sp³-hybridized carbons (Fsp3) is 0. The smallest absolute Gasteiger partial charge is 1.00 e. The molecule has 3 aromatic rings. The van der Waals surface area contributed by atoms with Crippen LogP contribution in [0.3, 0.4) is 0 Å². The molecule has 3 rings (SSSR count). The quantitative estimate of drug-likeness (QED) is 0.138. The average Bonchev–Trinajstić information content (AvgIpc) is 2.73. The predicted molar refractivity (Wildman–Crippen MR) is 121 cm³/mol. The topological polar surface area (TPSA) is 172 Å². The Morgan fingerprint density at radius 3 is 0.946 bits per heavy atom. The molecule has 0 saturated carbocycles. The van der Waals surface area contributed by atoms with Gasteiger partial charge in [-0.2, -0.15) is 0 Å². The molecular formula is C18H12Cl2Na3NiO9PS3. The van der Waals surface area contributed by atoms with Crippen LogP contribution in [-0.2, 0) is 43.0 Å². The zero-order valence-corrected chi connectivity index (χ0v) is 31.2. The van der Waals surface area contributed by atoms with E-state index in [0.717, 1.165) is 36.4 Å².